The Hall–Kier alpha value is -1.84. The number of carbonyl (C=O) groups excluding carboxylic acids is 2. The van der Waals surface area contributed by atoms with Crippen LogP contribution in [0.5, 0.6) is 0 Å². The number of allylic oxidation sites excluding steroid dienone is 4. The first-order chi connectivity index (χ1) is 8.08. The molecule has 3 rings (SSSR count). The summed E-state index contributed by atoms with van der Waals surface area (Å²) in [6.07, 6.45) is 6.24. The Morgan fingerprint density at radius 3 is 2.53 bits per heavy atom. The summed E-state index contributed by atoms with van der Waals surface area (Å²) in [6, 6.07) is -0.839. The van der Waals surface area contributed by atoms with Crippen molar-refractivity contribution in [2.24, 2.45) is 11.8 Å². The fraction of sp³-hybridized carbons (Fsp3) is 0.385. The van der Waals surface area contributed by atoms with E-state index in [1.807, 2.05) is 6.08 Å². The molecule has 0 aromatic heterocycles. The van der Waals surface area contributed by atoms with Gasteiger partial charge in [-0.2, -0.15) is 0 Å². The van der Waals surface area contributed by atoms with Crippen LogP contribution in [0, 0.1) is 11.8 Å². The predicted molar refractivity (Wildman–Crippen MR) is 63.0 cm³/mol. The van der Waals surface area contributed by atoms with Gasteiger partial charge in [0.25, 0.3) is 5.91 Å². The zero-order valence-electron chi connectivity index (χ0n) is 9.78. The van der Waals surface area contributed by atoms with Gasteiger partial charge in [0.1, 0.15) is 6.04 Å². The van der Waals surface area contributed by atoms with Crippen molar-refractivity contribution < 1.29 is 9.59 Å². The van der Waals surface area contributed by atoms with Crippen LogP contribution in [0.2, 0.25) is 0 Å². The summed E-state index contributed by atoms with van der Waals surface area (Å²) in [5.41, 5.74) is 3.59. The van der Waals surface area contributed by atoms with E-state index in [1.165, 1.54) is 11.1 Å². The number of rotatable bonds is 2. The summed E-state index contributed by atoms with van der Waals surface area (Å²) >= 11 is 0. The van der Waals surface area contributed by atoms with Gasteiger partial charge in [-0.25, -0.2) is 4.79 Å². The minimum absolute atomic E-state index is 0.0128. The van der Waals surface area contributed by atoms with Crippen LogP contribution < -0.4 is 10.6 Å². The highest BCUT2D eigenvalue weighted by Crippen LogP contribution is 2.43. The molecule has 1 fully saturated rings. The van der Waals surface area contributed by atoms with Crippen LogP contribution in [0.15, 0.2) is 34.9 Å². The molecule has 0 spiro atoms. The highest BCUT2D eigenvalue weighted by molar-refractivity contribution is 6.05. The predicted octanol–water partition coefficient (Wildman–Crippen LogP) is 1.27. The third-order valence-electron chi connectivity index (χ3n) is 3.57. The normalized spacial score (nSPS) is 30.2. The lowest BCUT2D eigenvalue weighted by atomic mass is 9.91. The Bertz CT molecular complexity index is 512. The molecule has 2 atom stereocenters. The van der Waals surface area contributed by atoms with E-state index in [-0.39, 0.29) is 11.8 Å². The molecule has 0 aromatic rings. The van der Waals surface area contributed by atoms with Crippen LogP contribution in [0.4, 0.5) is 4.79 Å². The second-order valence-corrected chi connectivity index (χ2v) is 4.96. The molecule has 1 heterocycles. The van der Waals surface area contributed by atoms with Crippen molar-refractivity contribution in [1.82, 2.24) is 10.6 Å². The van der Waals surface area contributed by atoms with Gasteiger partial charge in [0.2, 0.25) is 0 Å². The third-order valence-corrected chi connectivity index (χ3v) is 3.57. The fourth-order valence-electron chi connectivity index (χ4n) is 2.79. The highest BCUT2D eigenvalue weighted by atomic mass is 16.2. The Balaban J connectivity index is 1.96. The molecule has 2 unspecified atom stereocenters. The number of imide groups is 1. The Morgan fingerprint density at radius 2 is 2.00 bits per heavy atom. The lowest BCUT2D eigenvalue weighted by Crippen LogP contribution is -2.36. The molecule has 3 aliphatic rings. The summed E-state index contributed by atoms with van der Waals surface area (Å²) in [6.45, 7) is 4.27. The van der Waals surface area contributed by atoms with Crippen molar-refractivity contribution in [3.8, 4) is 0 Å². The molecule has 4 heteroatoms. The number of hydrogen-bond acceptors (Lipinski definition) is 2. The number of fused-ring (bicyclic) bond motifs is 2. The average molecular weight is 230 g/mol. The van der Waals surface area contributed by atoms with Crippen molar-refractivity contribution in [3.63, 3.8) is 0 Å². The number of amides is 3. The van der Waals surface area contributed by atoms with Crippen LogP contribution in [0.3, 0.4) is 0 Å². The van der Waals surface area contributed by atoms with Crippen molar-refractivity contribution in [1.29, 1.82) is 0 Å². The van der Waals surface area contributed by atoms with Crippen molar-refractivity contribution in [2.75, 3.05) is 0 Å². The molecule has 2 bridgehead atoms. The lowest BCUT2D eigenvalue weighted by molar-refractivity contribution is -0.120. The maximum Gasteiger partial charge on any atom is 0.322 e. The van der Waals surface area contributed by atoms with Gasteiger partial charge >= 0.3 is 6.03 Å². The molecule has 0 saturated carbocycles. The van der Waals surface area contributed by atoms with Gasteiger partial charge in [0.15, 0.2) is 0 Å². The summed E-state index contributed by atoms with van der Waals surface area (Å²) in [5, 5.41) is 4.98. The molecule has 1 saturated heterocycles. The molecule has 3 amide bonds. The second-order valence-electron chi connectivity index (χ2n) is 4.96. The van der Waals surface area contributed by atoms with Gasteiger partial charge in [0, 0.05) is 5.92 Å². The van der Waals surface area contributed by atoms with E-state index in [9.17, 15) is 9.59 Å². The lowest BCUT2D eigenvalue weighted by Gasteiger charge is -2.17. The first-order valence-corrected chi connectivity index (χ1v) is 5.83. The molecule has 4 nitrogen and oxygen atoms in total. The van der Waals surface area contributed by atoms with Crippen molar-refractivity contribution in [2.45, 2.75) is 19.9 Å². The van der Waals surface area contributed by atoms with E-state index in [1.54, 1.807) is 0 Å². The van der Waals surface area contributed by atoms with E-state index in [4.69, 9.17) is 0 Å². The molecular formula is C13H14N2O2. The highest BCUT2D eigenvalue weighted by Gasteiger charge is 2.43. The summed E-state index contributed by atoms with van der Waals surface area (Å²) in [7, 11) is 0. The van der Waals surface area contributed by atoms with Gasteiger partial charge in [-0.15, -0.1) is 0 Å². The topological polar surface area (TPSA) is 58.2 Å². The summed E-state index contributed by atoms with van der Waals surface area (Å²) < 4.78 is 0. The SMILES string of the molecule is CC(C)C1=C2C=CC(=C1)C2C1NC(=O)NC1=O. The quantitative estimate of drug-likeness (QED) is 0.702. The van der Waals surface area contributed by atoms with E-state index in [0.29, 0.717) is 5.92 Å². The maximum atomic E-state index is 11.7. The molecule has 17 heavy (non-hydrogen) atoms. The smallest absolute Gasteiger partial charge is 0.322 e. The number of carbonyl (C=O) groups is 2. The van der Waals surface area contributed by atoms with Crippen LogP contribution in [-0.2, 0) is 4.79 Å². The van der Waals surface area contributed by atoms with E-state index < -0.39 is 12.1 Å². The molecule has 1 aliphatic heterocycles. The molecule has 0 aromatic carbocycles. The standard InChI is InChI=1S/C13H14N2O2/c1-6(2)9-5-7-3-4-8(9)10(7)11-12(16)15-13(17)14-11/h3-6,10-11H,1-2H3,(H2,14,15,16,17). The molecular weight excluding hydrogens is 216 g/mol. The van der Waals surface area contributed by atoms with E-state index in [2.05, 4.69) is 36.6 Å². The molecule has 2 aliphatic carbocycles. The van der Waals surface area contributed by atoms with E-state index >= 15 is 0 Å². The van der Waals surface area contributed by atoms with Crippen molar-refractivity contribution >= 4 is 11.9 Å². The Labute approximate surface area is 99.5 Å². The van der Waals surface area contributed by atoms with Gasteiger partial charge in [0.05, 0.1) is 0 Å². The second kappa shape index (κ2) is 3.32. The Morgan fingerprint density at radius 1 is 1.24 bits per heavy atom. The summed E-state index contributed by atoms with van der Waals surface area (Å²) in [5.74, 6) is 0.228. The van der Waals surface area contributed by atoms with E-state index in [0.717, 1.165) is 5.57 Å². The number of hydrogen-bond donors (Lipinski definition) is 2. The maximum absolute atomic E-state index is 11.7. The van der Waals surface area contributed by atoms with Gasteiger partial charge in [-0.3, -0.25) is 10.1 Å². The monoisotopic (exact) mass is 230 g/mol. The van der Waals surface area contributed by atoms with Crippen LogP contribution in [0.1, 0.15) is 13.8 Å². The average Bonchev–Trinajstić information content (AvgIpc) is 2.90. The summed E-state index contributed by atoms with van der Waals surface area (Å²) in [4.78, 5) is 22.9. The molecule has 2 N–H and O–H groups in total. The van der Waals surface area contributed by atoms with Crippen LogP contribution >= 0.6 is 0 Å². The van der Waals surface area contributed by atoms with Gasteiger partial charge in [-0.1, -0.05) is 32.1 Å². The molecule has 88 valence electrons. The van der Waals surface area contributed by atoms with Crippen molar-refractivity contribution in [3.05, 3.63) is 34.9 Å². The zero-order chi connectivity index (χ0) is 12.2. The Kier molecular flexibility index (Phi) is 2.02. The fourth-order valence-corrected chi connectivity index (χ4v) is 2.79. The third kappa shape index (κ3) is 1.37. The molecule has 0 radical (unpaired) electrons. The zero-order valence-corrected chi connectivity index (χ0v) is 9.78. The minimum Gasteiger partial charge on any atom is -0.325 e. The number of urea groups is 1. The van der Waals surface area contributed by atoms with Gasteiger partial charge < -0.3 is 5.32 Å². The first-order valence-electron chi connectivity index (χ1n) is 5.83. The first kappa shape index (κ1) is 10.3. The minimum atomic E-state index is -0.449. The van der Waals surface area contributed by atoms with Crippen LogP contribution in [0.25, 0.3) is 0 Å². The van der Waals surface area contributed by atoms with Gasteiger partial charge in [-0.05, 0) is 22.6 Å². The van der Waals surface area contributed by atoms with Crippen LogP contribution in [-0.4, -0.2) is 18.0 Å². The largest absolute Gasteiger partial charge is 0.325 e. The number of nitrogens with one attached hydrogen (secondary N) is 2.